The fraction of sp³-hybridized carbons (Fsp3) is 0.350. The first-order valence-electron chi connectivity index (χ1n) is 8.87. The summed E-state index contributed by atoms with van der Waals surface area (Å²) in [6, 6.07) is 14.8. The van der Waals surface area contributed by atoms with Gasteiger partial charge in [0.2, 0.25) is 0 Å². The van der Waals surface area contributed by atoms with E-state index in [0.29, 0.717) is 12.2 Å². The van der Waals surface area contributed by atoms with Crippen LogP contribution in [0.4, 0.5) is 15.8 Å². The fourth-order valence-corrected chi connectivity index (χ4v) is 3.20. The lowest BCUT2D eigenvalue weighted by molar-refractivity contribution is -0.892. The minimum atomic E-state index is -0.181. The molecule has 2 N–H and O–H groups in total. The zero-order valence-electron chi connectivity index (χ0n) is 14.6. The predicted octanol–water partition coefficient (Wildman–Crippen LogP) is 1.73. The molecule has 2 aromatic rings. The van der Waals surface area contributed by atoms with E-state index in [-0.39, 0.29) is 11.7 Å². The minimum absolute atomic E-state index is 0.0265. The molecule has 0 aromatic heterocycles. The Morgan fingerprint density at radius 2 is 1.80 bits per heavy atom. The zero-order valence-corrected chi connectivity index (χ0v) is 14.6. The molecule has 1 aliphatic rings. The van der Waals surface area contributed by atoms with Crippen LogP contribution in [0.1, 0.15) is 12.5 Å². The third-order valence-electron chi connectivity index (χ3n) is 4.72. The highest BCUT2D eigenvalue weighted by molar-refractivity contribution is 5.91. The summed E-state index contributed by atoms with van der Waals surface area (Å²) in [4.78, 5) is 15.5. The lowest BCUT2D eigenvalue weighted by Gasteiger charge is -2.33. The molecule has 0 saturated carbocycles. The Hall–Kier alpha value is -2.40. The first-order chi connectivity index (χ1) is 12.2. The Morgan fingerprint density at radius 3 is 2.44 bits per heavy atom. The lowest BCUT2D eigenvalue weighted by Crippen LogP contribution is -3.15. The van der Waals surface area contributed by atoms with Gasteiger partial charge in [-0.05, 0) is 36.2 Å². The molecule has 3 rings (SSSR count). The smallest absolute Gasteiger partial charge is 0.279 e. The van der Waals surface area contributed by atoms with Crippen LogP contribution in [0.2, 0.25) is 0 Å². The SMILES string of the molecule is CCc1ccc(NC(=O)C[NH+]2CCN(c3ccccc3F)CC2)cc1. The first kappa shape index (κ1) is 17.4. The van der Waals surface area contributed by atoms with Gasteiger partial charge in [0, 0.05) is 5.69 Å². The molecule has 1 fully saturated rings. The number of benzene rings is 2. The molecule has 0 aliphatic carbocycles. The minimum Gasteiger partial charge on any atom is -0.358 e. The van der Waals surface area contributed by atoms with Gasteiger partial charge in [-0.2, -0.15) is 0 Å². The summed E-state index contributed by atoms with van der Waals surface area (Å²) in [7, 11) is 0. The van der Waals surface area contributed by atoms with Crippen LogP contribution in [-0.2, 0) is 11.2 Å². The van der Waals surface area contributed by atoms with E-state index in [9.17, 15) is 9.18 Å². The lowest BCUT2D eigenvalue weighted by atomic mass is 10.1. The van der Waals surface area contributed by atoms with Gasteiger partial charge in [0.15, 0.2) is 6.54 Å². The van der Waals surface area contributed by atoms with Crippen molar-refractivity contribution in [2.24, 2.45) is 0 Å². The van der Waals surface area contributed by atoms with E-state index in [2.05, 4.69) is 17.1 Å². The maximum atomic E-state index is 13.9. The molecular weight excluding hydrogens is 317 g/mol. The van der Waals surface area contributed by atoms with Gasteiger partial charge in [0.05, 0.1) is 31.9 Å². The summed E-state index contributed by atoms with van der Waals surface area (Å²) in [5.41, 5.74) is 2.75. The second kappa shape index (κ2) is 8.12. The maximum Gasteiger partial charge on any atom is 0.279 e. The molecule has 1 saturated heterocycles. The van der Waals surface area contributed by atoms with E-state index < -0.39 is 0 Å². The fourth-order valence-electron chi connectivity index (χ4n) is 3.20. The van der Waals surface area contributed by atoms with E-state index in [0.717, 1.165) is 38.3 Å². The van der Waals surface area contributed by atoms with Crippen molar-refractivity contribution in [1.29, 1.82) is 0 Å². The number of halogens is 1. The van der Waals surface area contributed by atoms with Gasteiger partial charge >= 0.3 is 0 Å². The maximum absolute atomic E-state index is 13.9. The standard InChI is InChI=1S/C20H24FN3O/c1-2-16-7-9-17(10-8-16)22-20(25)15-23-11-13-24(14-12-23)19-6-4-3-5-18(19)21/h3-10H,2,11-15H2,1H3,(H,22,25)/p+1. The summed E-state index contributed by atoms with van der Waals surface area (Å²) >= 11 is 0. The van der Waals surface area contributed by atoms with Crippen molar-refractivity contribution in [3.63, 3.8) is 0 Å². The first-order valence-corrected chi connectivity index (χ1v) is 8.87. The molecule has 2 aromatic carbocycles. The normalized spacial score (nSPS) is 15.2. The highest BCUT2D eigenvalue weighted by Crippen LogP contribution is 2.18. The molecule has 0 bridgehead atoms. The summed E-state index contributed by atoms with van der Waals surface area (Å²) in [5, 5.41) is 2.96. The molecule has 5 heteroatoms. The molecular formula is C20H25FN3O+. The third-order valence-corrected chi connectivity index (χ3v) is 4.72. The second-order valence-corrected chi connectivity index (χ2v) is 6.46. The quantitative estimate of drug-likeness (QED) is 0.868. The van der Waals surface area contributed by atoms with Gasteiger partial charge in [-0.1, -0.05) is 31.2 Å². The van der Waals surface area contributed by atoms with Gasteiger partial charge in [0.1, 0.15) is 5.82 Å². The molecule has 4 nitrogen and oxygen atoms in total. The number of nitrogens with one attached hydrogen (secondary N) is 2. The number of para-hydroxylation sites is 1. The Labute approximate surface area is 148 Å². The Balaban J connectivity index is 1.48. The highest BCUT2D eigenvalue weighted by Gasteiger charge is 2.23. The number of carbonyl (C=O) groups excluding carboxylic acids is 1. The van der Waals surface area contributed by atoms with Crippen LogP contribution >= 0.6 is 0 Å². The van der Waals surface area contributed by atoms with E-state index in [1.807, 2.05) is 36.4 Å². The number of hydrogen-bond acceptors (Lipinski definition) is 2. The Kier molecular flexibility index (Phi) is 5.66. The Morgan fingerprint density at radius 1 is 1.12 bits per heavy atom. The molecule has 0 unspecified atom stereocenters. The second-order valence-electron chi connectivity index (χ2n) is 6.46. The third kappa shape index (κ3) is 4.57. The van der Waals surface area contributed by atoms with Crippen LogP contribution in [0.3, 0.4) is 0 Å². The van der Waals surface area contributed by atoms with E-state index in [1.165, 1.54) is 16.5 Å². The largest absolute Gasteiger partial charge is 0.358 e. The van der Waals surface area contributed by atoms with Crippen molar-refractivity contribution < 1.29 is 14.1 Å². The summed E-state index contributed by atoms with van der Waals surface area (Å²) in [5.74, 6) is -0.155. The number of aryl methyl sites for hydroxylation is 1. The average molecular weight is 342 g/mol. The summed E-state index contributed by atoms with van der Waals surface area (Å²) < 4.78 is 13.9. The van der Waals surface area contributed by atoms with Crippen molar-refractivity contribution in [2.45, 2.75) is 13.3 Å². The molecule has 1 heterocycles. The number of amides is 1. The van der Waals surface area contributed by atoms with Gasteiger partial charge in [-0.3, -0.25) is 4.79 Å². The number of quaternary nitrogens is 1. The summed E-state index contributed by atoms with van der Waals surface area (Å²) in [6.45, 7) is 5.73. The van der Waals surface area contributed by atoms with Crippen LogP contribution in [0.5, 0.6) is 0 Å². The zero-order chi connectivity index (χ0) is 17.6. The molecule has 1 amide bonds. The molecule has 1 aliphatic heterocycles. The average Bonchev–Trinajstić information content (AvgIpc) is 2.63. The van der Waals surface area contributed by atoms with Crippen molar-refractivity contribution in [1.82, 2.24) is 0 Å². The van der Waals surface area contributed by atoms with Crippen LogP contribution in [0, 0.1) is 5.82 Å². The van der Waals surface area contributed by atoms with Crippen molar-refractivity contribution >= 4 is 17.3 Å². The van der Waals surface area contributed by atoms with Gasteiger partial charge < -0.3 is 15.1 Å². The number of carbonyl (C=O) groups is 1. The van der Waals surface area contributed by atoms with E-state index >= 15 is 0 Å². The number of anilines is 2. The topological polar surface area (TPSA) is 36.8 Å². The van der Waals surface area contributed by atoms with Gasteiger partial charge in [0.25, 0.3) is 5.91 Å². The van der Waals surface area contributed by atoms with Crippen LogP contribution in [0.25, 0.3) is 0 Å². The Bertz CT molecular complexity index is 709. The van der Waals surface area contributed by atoms with Crippen LogP contribution in [-0.4, -0.2) is 38.6 Å². The predicted molar refractivity (Wildman–Crippen MR) is 98.6 cm³/mol. The monoisotopic (exact) mass is 342 g/mol. The molecule has 0 spiro atoms. The van der Waals surface area contributed by atoms with Crippen LogP contribution in [0.15, 0.2) is 48.5 Å². The van der Waals surface area contributed by atoms with Crippen LogP contribution < -0.4 is 15.1 Å². The highest BCUT2D eigenvalue weighted by atomic mass is 19.1. The number of nitrogens with zero attached hydrogens (tertiary/aromatic N) is 1. The number of rotatable bonds is 5. The van der Waals surface area contributed by atoms with Crippen molar-refractivity contribution in [3.8, 4) is 0 Å². The van der Waals surface area contributed by atoms with Crippen molar-refractivity contribution in [3.05, 3.63) is 59.9 Å². The van der Waals surface area contributed by atoms with Crippen molar-refractivity contribution in [2.75, 3.05) is 42.9 Å². The van der Waals surface area contributed by atoms with E-state index in [1.54, 1.807) is 6.07 Å². The summed E-state index contributed by atoms with van der Waals surface area (Å²) in [6.07, 6.45) is 0.991. The number of piperazine rings is 1. The molecule has 0 atom stereocenters. The van der Waals surface area contributed by atoms with Gasteiger partial charge in [-0.15, -0.1) is 0 Å². The molecule has 25 heavy (non-hydrogen) atoms. The number of hydrogen-bond donors (Lipinski definition) is 2. The molecule has 0 radical (unpaired) electrons. The molecule has 132 valence electrons. The van der Waals surface area contributed by atoms with Gasteiger partial charge in [-0.25, -0.2) is 4.39 Å². The van der Waals surface area contributed by atoms with E-state index in [4.69, 9.17) is 0 Å².